The van der Waals surface area contributed by atoms with Crippen molar-refractivity contribution in [2.75, 3.05) is 13.1 Å². The Balaban J connectivity index is 1.27. The van der Waals surface area contributed by atoms with Crippen molar-refractivity contribution in [3.8, 4) is 0 Å². The Hall–Kier alpha value is -3.18. The van der Waals surface area contributed by atoms with Crippen molar-refractivity contribution in [1.29, 1.82) is 0 Å². The fraction of sp³-hybridized carbons (Fsp3) is 0.385. The Bertz CT molecular complexity index is 1270. The van der Waals surface area contributed by atoms with E-state index in [1.54, 1.807) is 0 Å². The van der Waals surface area contributed by atoms with Crippen LogP contribution in [0.25, 0.3) is 0 Å². The second-order valence-corrected chi connectivity index (χ2v) is 10.5. The molecule has 194 valence electrons. The predicted octanol–water partition coefficient (Wildman–Crippen LogP) is 3.75. The van der Waals surface area contributed by atoms with Gasteiger partial charge in [-0.3, -0.25) is 34.3 Å². The number of amides is 4. The number of carbonyl (C=O) groups excluding carboxylic acids is 4. The van der Waals surface area contributed by atoms with Gasteiger partial charge in [0.2, 0.25) is 11.8 Å². The quantitative estimate of drug-likeness (QED) is 0.452. The van der Waals surface area contributed by atoms with Crippen molar-refractivity contribution in [1.82, 2.24) is 15.1 Å². The molecule has 5 rings (SSSR count). The number of fused-ring (bicyclic) bond motifs is 1. The lowest BCUT2D eigenvalue weighted by molar-refractivity contribution is -0.136. The average Bonchev–Trinajstić information content (AvgIpc) is 3.10. The van der Waals surface area contributed by atoms with Crippen LogP contribution >= 0.6 is 11.8 Å². The van der Waals surface area contributed by atoms with E-state index in [0.29, 0.717) is 25.4 Å². The second-order valence-electron chi connectivity index (χ2n) is 9.48. The average molecular weight is 532 g/mol. The molecule has 11 heteroatoms. The molecule has 0 saturated carbocycles. The van der Waals surface area contributed by atoms with Crippen LogP contribution in [0, 0.1) is 5.82 Å². The van der Waals surface area contributed by atoms with E-state index in [2.05, 4.69) is 5.32 Å². The van der Waals surface area contributed by atoms with Gasteiger partial charge in [-0.2, -0.15) is 0 Å². The highest BCUT2D eigenvalue weighted by Crippen LogP contribution is 2.37. The minimum Gasteiger partial charge on any atom is -0.299 e. The number of imide groups is 2. The lowest BCUT2D eigenvalue weighted by Gasteiger charge is -2.31. The van der Waals surface area contributed by atoms with Gasteiger partial charge in [0.1, 0.15) is 11.9 Å². The molecule has 2 aromatic rings. The van der Waals surface area contributed by atoms with Gasteiger partial charge in [0, 0.05) is 44.6 Å². The molecule has 1 N–H and O–H groups in total. The minimum absolute atomic E-state index is 0.0000140. The summed E-state index contributed by atoms with van der Waals surface area (Å²) in [6.07, 6.45) is -0.263. The van der Waals surface area contributed by atoms with Crippen LogP contribution in [-0.2, 0) is 21.9 Å². The first kappa shape index (κ1) is 25.5. The van der Waals surface area contributed by atoms with E-state index in [9.17, 15) is 32.3 Å². The summed E-state index contributed by atoms with van der Waals surface area (Å²) in [5.41, 5.74) is 1.79. The first-order valence-corrected chi connectivity index (χ1v) is 13.0. The summed E-state index contributed by atoms with van der Waals surface area (Å²) in [5, 5.41) is 2.14. The fourth-order valence-corrected chi connectivity index (χ4v) is 5.89. The first-order chi connectivity index (χ1) is 17.6. The molecule has 0 spiro atoms. The molecule has 3 aliphatic heterocycles. The molecule has 2 aromatic carbocycles. The van der Waals surface area contributed by atoms with Crippen molar-refractivity contribution in [3.05, 3.63) is 64.5 Å². The summed E-state index contributed by atoms with van der Waals surface area (Å²) < 4.78 is 41.6. The number of piperidine rings is 2. The van der Waals surface area contributed by atoms with Crippen molar-refractivity contribution in [2.24, 2.45) is 0 Å². The van der Waals surface area contributed by atoms with E-state index in [4.69, 9.17) is 0 Å². The SMILES string of the molecule is O=C1CCC(N2C(=O)c3ccc(F)c(SCc4ccc(CN5CCC(F)(F)CC5)cc4)c3C2=O)C(=O)N1. The van der Waals surface area contributed by atoms with Gasteiger partial charge in [-0.15, -0.1) is 11.8 Å². The summed E-state index contributed by atoms with van der Waals surface area (Å²) >= 11 is 1.08. The summed E-state index contributed by atoms with van der Waals surface area (Å²) in [6, 6.07) is 8.78. The number of carbonyl (C=O) groups is 4. The number of halogens is 3. The maximum absolute atomic E-state index is 14.8. The third kappa shape index (κ3) is 5.15. The highest BCUT2D eigenvalue weighted by atomic mass is 32.2. The third-order valence-electron chi connectivity index (χ3n) is 6.91. The summed E-state index contributed by atoms with van der Waals surface area (Å²) in [7, 11) is 0. The molecule has 0 aromatic heterocycles. The van der Waals surface area contributed by atoms with E-state index in [1.165, 1.54) is 6.07 Å². The van der Waals surface area contributed by atoms with Crippen LogP contribution < -0.4 is 5.32 Å². The maximum Gasteiger partial charge on any atom is 0.263 e. The van der Waals surface area contributed by atoms with Gasteiger partial charge in [0.25, 0.3) is 17.7 Å². The number of likely N-dealkylation sites (tertiary alicyclic amines) is 1. The lowest BCUT2D eigenvalue weighted by atomic mass is 10.0. The standard InChI is InChI=1S/C26H24F3N3O4S/c27-18-6-5-17-21(25(36)32(24(17)35)19-7-8-20(33)30-23(19)34)22(18)37-14-16-3-1-15(2-4-16)13-31-11-9-26(28,29)10-12-31/h1-6,19H,7-14H2,(H,30,33,34). The van der Waals surface area contributed by atoms with E-state index in [1.807, 2.05) is 29.2 Å². The molecule has 1 unspecified atom stereocenters. The molecule has 2 fully saturated rings. The van der Waals surface area contributed by atoms with Crippen LogP contribution in [0.2, 0.25) is 0 Å². The van der Waals surface area contributed by atoms with Crippen LogP contribution in [0.15, 0.2) is 41.3 Å². The van der Waals surface area contributed by atoms with E-state index in [0.717, 1.165) is 33.9 Å². The van der Waals surface area contributed by atoms with E-state index < -0.39 is 41.4 Å². The molecule has 0 aliphatic carbocycles. The Labute approximate surface area is 215 Å². The molecular weight excluding hydrogens is 507 g/mol. The molecule has 0 bridgehead atoms. The smallest absolute Gasteiger partial charge is 0.263 e. The third-order valence-corrected chi connectivity index (χ3v) is 8.08. The van der Waals surface area contributed by atoms with Crippen LogP contribution in [-0.4, -0.2) is 58.5 Å². The molecule has 4 amide bonds. The van der Waals surface area contributed by atoms with Gasteiger partial charge >= 0.3 is 0 Å². The number of hydrogen-bond donors (Lipinski definition) is 1. The normalized spacial score (nSPS) is 21.8. The van der Waals surface area contributed by atoms with Crippen molar-refractivity contribution < 1.29 is 32.3 Å². The zero-order valence-electron chi connectivity index (χ0n) is 19.8. The Morgan fingerprint density at radius 2 is 1.62 bits per heavy atom. The molecule has 3 heterocycles. The monoisotopic (exact) mass is 531 g/mol. The molecule has 7 nitrogen and oxygen atoms in total. The van der Waals surface area contributed by atoms with Gasteiger partial charge < -0.3 is 0 Å². The lowest BCUT2D eigenvalue weighted by Crippen LogP contribution is -2.54. The van der Waals surface area contributed by atoms with Gasteiger partial charge in [0.05, 0.1) is 16.0 Å². The number of thioether (sulfide) groups is 1. The number of nitrogens with zero attached hydrogens (tertiary/aromatic N) is 2. The number of hydrogen-bond acceptors (Lipinski definition) is 6. The number of benzene rings is 2. The van der Waals surface area contributed by atoms with Gasteiger partial charge in [-0.05, 0) is 29.7 Å². The van der Waals surface area contributed by atoms with Crippen molar-refractivity contribution in [3.63, 3.8) is 0 Å². The van der Waals surface area contributed by atoms with Crippen LogP contribution in [0.4, 0.5) is 13.2 Å². The number of alkyl halides is 2. The van der Waals surface area contributed by atoms with Crippen LogP contribution in [0.1, 0.15) is 57.5 Å². The van der Waals surface area contributed by atoms with E-state index >= 15 is 0 Å². The number of rotatable bonds is 6. The van der Waals surface area contributed by atoms with Crippen LogP contribution in [0.5, 0.6) is 0 Å². The topological polar surface area (TPSA) is 86.8 Å². The molecule has 2 saturated heterocycles. The Morgan fingerprint density at radius 1 is 0.946 bits per heavy atom. The molecular formula is C26H24F3N3O4S. The summed E-state index contributed by atoms with van der Waals surface area (Å²) in [6.45, 7) is 1.24. The first-order valence-electron chi connectivity index (χ1n) is 12.0. The summed E-state index contributed by atoms with van der Waals surface area (Å²) in [5.74, 6) is -5.54. The zero-order valence-corrected chi connectivity index (χ0v) is 20.6. The molecule has 3 aliphatic rings. The maximum atomic E-state index is 14.8. The van der Waals surface area contributed by atoms with Crippen molar-refractivity contribution >= 4 is 35.4 Å². The highest BCUT2D eigenvalue weighted by molar-refractivity contribution is 7.98. The van der Waals surface area contributed by atoms with Gasteiger partial charge in [-0.1, -0.05) is 24.3 Å². The Morgan fingerprint density at radius 3 is 2.30 bits per heavy atom. The van der Waals surface area contributed by atoms with Gasteiger partial charge in [0.15, 0.2) is 0 Å². The molecule has 0 radical (unpaired) electrons. The number of nitrogens with one attached hydrogen (secondary N) is 1. The molecule has 1 atom stereocenters. The largest absolute Gasteiger partial charge is 0.299 e. The van der Waals surface area contributed by atoms with E-state index in [-0.39, 0.29) is 41.7 Å². The second kappa shape index (κ2) is 9.94. The zero-order chi connectivity index (χ0) is 26.3. The van der Waals surface area contributed by atoms with Crippen LogP contribution in [0.3, 0.4) is 0 Å². The predicted molar refractivity (Wildman–Crippen MR) is 129 cm³/mol. The van der Waals surface area contributed by atoms with Crippen molar-refractivity contribution in [2.45, 2.75) is 54.8 Å². The summed E-state index contributed by atoms with van der Waals surface area (Å²) in [4.78, 5) is 52.8. The fourth-order valence-electron chi connectivity index (χ4n) is 4.84. The minimum atomic E-state index is -2.59. The molecule has 37 heavy (non-hydrogen) atoms. The van der Waals surface area contributed by atoms with Gasteiger partial charge in [-0.25, -0.2) is 13.2 Å². The highest BCUT2D eigenvalue weighted by Gasteiger charge is 2.46. The Kier molecular flexibility index (Phi) is 6.84.